The van der Waals surface area contributed by atoms with Crippen molar-refractivity contribution in [3.05, 3.63) is 11.3 Å². The third kappa shape index (κ3) is 5.80. The first kappa shape index (κ1) is 19.9. The zero-order chi connectivity index (χ0) is 16.6. The molecule has 1 rings (SSSR count). The zero-order valence-electron chi connectivity index (χ0n) is 15.5. The SMILES string of the molecule is CCC(C)O[Si](OC(C)CC)(OC(C)CC)C1=CCCCC1. The highest BCUT2D eigenvalue weighted by molar-refractivity contribution is 6.69. The molecule has 0 aromatic rings. The second-order valence-corrected chi connectivity index (χ2v) is 9.00. The van der Waals surface area contributed by atoms with Gasteiger partial charge in [0.2, 0.25) is 0 Å². The Morgan fingerprint density at radius 3 is 1.64 bits per heavy atom. The largest absolute Gasteiger partial charge is 0.533 e. The van der Waals surface area contributed by atoms with Crippen molar-refractivity contribution in [3.8, 4) is 0 Å². The van der Waals surface area contributed by atoms with Crippen LogP contribution >= 0.6 is 0 Å². The molecule has 0 aromatic carbocycles. The van der Waals surface area contributed by atoms with E-state index >= 15 is 0 Å². The molecule has 3 atom stereocenters. The normalized spacial score (nSPS) is 22.5. The maximum atomic E-state index is 6.50. The Balaban J connectivity index is 3.10. The fourth-order valence-corrected chi connectivity index (χ4v) is 6.06. The quantitative estimate of drug-likeness (QED) is 0.502. The molecule has 3 nitrogen and oxygen atoms in total. The molecule has 0 fully saturated rings. The fraction of sp³-hybridized carbons (Fsp3) is 0.889. The molecule has 0 heterocycles. The van der Waals surface area contributed by atoms with Crippen LogP contribution in [0.3, 0.4) is 0 Å². The lowest BCUT2D eigenvalue weighted by atomic mass is 10.1. The number of hydrogen-bond acceptors (Lipinski definition) is 3. The molecule has 0 spiro atoms. The van der Waals surface area contributed by atoms with Crippen LogP contribution in [-0.2, 0) is 13.3 Å². The Morgan fingerprint density at radius 1 is 0.864 bits per heavy atom. The van der Waals surface area contributed by atoms with Crippen LogP contribution in [0.5, 0.6) is 0 Å². The minimum absolute atomic E-state index is 0.169. The molecular weight excluding hydrogens is 292 g/mol. The molecule has 0 N–H and O–H groups in total. The average Bonchev–Trinajstić information content (AvgIpc) is 2.54. The zero-order valence-corrected chi connectivity index (χ0v) is 16.5. The van der Waals surface area contributed by atoms with Gasteiger partial charge in [0.15, 0.2) is 0 Å². The van der Waals surface area contributed by atoms with E-state index in [1.54, 1.807) is 0 Å². The van der Waals surface area contributed by atoms with Crippen molar-refractivity contribution in [2.75, 3.05) is 0 Å². The van der Waals surface area contributed by atoms with Crippen LogP contribution in [0, 0.1) is 0 Å². The van der Waals surface area contributed by atoms with E-state index < -0.39 is 8.80 Å². The van der Waals surface area contributed by atoms with E-state index in [9.17, 15) is 0 Å². The Kier molecular flexibility index (Phi) is 8.91. The summed E-state index contributed by atoms with van der Waals surface area (Å²) in [5, 5.41) is 1.32. The smallest absolute Gasteiger partial charge is 0.367 e. The highest BCUT2D eigenvalue weighted by Gasteiger charge is 2.49. The first-order valence-corrected chi connectivity index (χ1v) is 10.9. The number of rotatable bonds is 10. The summed E-state index contributed by atoms with van der Waals surface area (Å²) in [5.74, 6) is 0. The summed E-state index contributed by atoms with van der Waals surface area (Å²) in [5.41, 5.74) is 0. The first-order valence-electron chi connectivity index (χ1n) is 9.20. The molecule has 22 heavy (non-hydrogen) atoms. The first-order chi connectivity index (χ1) is 10.5. The van der Waals surface area contributed by atoms with Gasteiger partial charge in [0.25, 0.3) is 0 Å². The third-order valence-corrected chi connectivity index (χ3v) is 7.86. The third-order valence-electron chi connectivity index (χ3n) is 4.48. The van der Waals surface area contributed by atoms with Crippen LogP contribution in [0.2, 0.25) is 0 Å². The van der Waals surface area contributed by atoms with E-state index in [1.807, 2.05) is 0 Å². The fourth-order valence-electron chi connectivity index (χ4n) is 2.47. The molecule has 0 saturated heterocycles. The van der Waals surface area contributed by atoms with E-state index in [-0.39, 0.29) is 18.3 Å². The van der Waals surface area contributed by atoms with Crippen LogP contribution in [-0.4, -0.2) is 27.1 Å². The lowest BCUT2D eigenvalue weighted by molar-refractivity contribution is -0.00432. The van der Waals surface area contributed by atoms with Crippen LogP contribution in [0.25, 0.3) is 0 Å². The lowest BCUT2D eigenvalue weighted by Crippen LogP contribution is -2.53. The van der Waals surface area contributed by atoms with Crippen molar-refractivity contribution in [2.45, 2.75) is 105 Å². The van der Waals surface area contributed by atoms with Crippen molar-refractivity contribution < 1.29 is 13.3 Å². The minimum atomic E-state index is -2.79. The molecule has 0 aliphatic heterocycles. The maximum Gasteiger partial charge on any atom is 0.533 e. The van der Waals surface area contributed by atoms with Gasteiger partial charge in [-0.1, -0.05) is 26.8 Å². The van der Waals surface area contributed by atoms with E-state index in [2.05, 4.69) is 47.6 Å². The van der Waals surface area contributed by atoms with Crippen molar-refractivity contribution in [1.29, 1.82) is 0 Å². The minimum Gasteiger partial charge on any atom is -0.367 e. The van der Waals surface area contributed by atoms with Crippen LogP contribution < -0.4 is 0 Å². The second kappa shape index (κ2) is 9.86. The molecule has 0 bridgehead atoms. The van der Waals surface area contributed by atoms with Gasteiger partial charge < -0.3 is 13.3 Å². The van der Waals surface area contributed by atoms with Gasteiger partial charge in [-0.15, -0.1) is 0 Å². The molecule has 0 aromatic heterocycles. The van der Waals surface area contributed by atoms with E-state index in [0.29, 0.717) is 0 Å². The van der Waals surface area contributed by atoms with Crippen molar-refractivity contribution in [3.63, 3.8) is 0 Å². The van der Waals surface area contributed by atoms with Crippen LogP contribution in [0.1, 0.15) is 86.5 Å². The highest BCUT2D eigenvalue weighted by Crippen LogP contribution is 2.33. The summed E-state index contributed by atoms with van der Waals surface area (Å²) in [6.45, 7) is 12.9. The molecule has 130 valence electrons. The van der Waals surface area contributed by atoms with Gasteiger partial charge >= 0.3 is 8.80 Å². The maximum absolute atomic E-state index is 6.50. The summed E-state index contributed by atoms with van der Waals surface area (Å²) in [6.07, 6.45) is 10.5. The Bertz CT molecular complexity index is 312. The van der Waals surface area contributed by atoms with Gasteiger partial charge in [0.1, 0.15) is 0 Å². The van der Waals surface area contributed by atoms with Gasteiger partial charge in [0.05, 0.1) is 0 Å². The van der Waals surface area contributed by atoms with Crippen LogP contribution in [0.15, 0.2) is 11.3 Å². The monoisotopic (exact) mass is 328 g/mol. The van der Waals surface area contributed by atoms with Crippen LogP contribution in [0.4, 0.5) is 0 Å². The highest BCUT2D eigenvalue weighted by atomic mass is 28.4. The Hall–Kier alpha value is -0.163. The predicted molar refractivity (Wildman–Crippen MR) is 94.8 cm³/mol. The van der Waals surface area contributed by atoms with Crippen molar-refractivity contribution in [2.24, 2.45) is 0 Å². The van der Waals surface area contributed by atoms with E-state index in [0.717, 1.165) is 32.1 Å². The molecule has 3 unspecified atom stereocenters. The molecule has 0 saturated carbocycles. The molecule has 1 aliphatic rings. The molecule has 1 aliphatic carbocycles. The Morgan fingerprint density at radius 2 is 1.32 bits per heavy atom. The van der Waals surface area contributed by atoms with Crippen molar-refractivity contribution >= 4 is 8.80 Å². The average molecular weight is 329 g/mol. The van der Waals surface area contributed by atoms with Gasteiger partial charge in [-0.2, -0.15) is 0 Å². The summed E-state index contributed by atoms with van der Waals surface area (Å²) in [4.78, 5) is 0. The van der Waals surface area contributed by atoms with Gasteiger partial charge in [-0.25, -0.2) is 0 Å². The lowest BCUT2D eigenvalue weighted by Gasteiger charge is -2.38. The van der Waals surface area contributed by atoms with Gasteiger partial charge in [-0.05, 0) is 70.9 Å². The molecule has 0 radical (unpaired) electrons. The molecule has 0 amide bonds. The van der Waals surface area contributed by atoms with Gasteiger partial charge in [-0.3, -0.25) is 0 Å². The second-order valence-electron chi connectivity index (χ2n) is 6.54. The molecular formula is C18H36O3Si. The van der Waals surface area contributed by atoms with E-state index in [1.165, 1.54) is 18.0 Å². The van der Waals surface area contributed by atoms with Gasteiger partial charge in [0, 0.05) is 18.3 Å². The summed E-state index contributed by atoms with van der Waals surface area (Å²) >= 11 is 0. The predicted octanol–water partition coefficient (Wildman–Crippen LogP) is 5.41. The van der Waals surface area contributed by atoms with E-state index in [4.69, 9.17) is 13.3 Å². The van der Waals surface area contributed by atoms with Crippen molar-refractivity contribution in [1.82, 2.24) is 0 Å². The summed E-state index contributed by atoms with van der Waals surface area (Å²) in [7, 11) is -2.79. The molecule has 4 heteroatoms. The standard InChI is InChI=1S/C18H36O3Si/c1-7-15(4)19-22(20-16(5)8-2,21-17(6)9-3)18-13-11-10-12-14-18/h13,15-17H,7-12,14H2,1-6H3. The Labute approximate surface area is 138 Å². The number of allylic oxidation sites excluding steroid dienone is 2. The summed E-state index contributed by atoms with van der Waals surface area (Å²) < 4.78 is 19.5. The summed E-state index contributed by atoms with van der Waals surface area (Å²) in [6, 6.07) is 0. The number of hydrogen-bond donors (Lipinski definition) is 0. The topological polar surface area (TPSA) is 27.7 Å².